The molecule has 2 aliphatic heterocycles. The van der Waals surface area contributed by atoms with E-state index in [1.54, 1.807) is 48.2 Å². The molecule has 1 atom stereocenters. The lowest BCUT2D eigenvalue weighted by atomic mass is 10.1. The summed E-state index contributed by atoms with van der Waals surface area (Å²) in [5.74, 6) is -1.34. The molecular formula is C28H20Br4N2O6. The van der Waals surface area contributed by atoms with Gasteiger partial charge in [0.15, 0.2) is 0 Å². The molecule has 40 heavy (non-hydrogen) atoms. The molecule has 1 saturated heterocycles. The Bertz CT molecular complexity index is 1540. The molecule has 0 bridgehead atoms. The molecule has 12 heteroatoms. The largest absolute Gasteiger partial charge is 0.494 e. The van der Waals surface area contributed by atoms with Crippen molar-refractivity contribution in [1.82, 2.24) is 0 Å². The number of hydrogen-bond acceptors (Lipinski definition) is 6. The summed E-state index contributed by atoms with van der Waals surface area (Å²) in [5, 5.41) is 0. The number of fused-ring (bicyclic) bond motifs is 1. The fourth-order valence-electron chi connectivity index (χ4n) is 4.71. The van der Waals surface area contributed by atoms with Crippen molar-refractivity contribution in [1.29, 1.82) is 0 Å². The van der Waals surface area contributed by atoms with Crippen molar-refractivity contribution in [3.63, 3.8) is 0 Å². The van der Waals surface area contributed by atoms with Gasteiger partial charge < -0.3 is 14.4 Å². The third kappa shape index (κ3) is 5.03. The number of esters is 1. The minimum absolute atomic E-state index is 0.0347. The minimum atomic E-state index is -0.637. The number of imide groups is 1. The SMILES string of the molecule is CCOc1ccc(N2C[C@@H](C(=O)Oc3ccc(N4C(=O)c5c(Br)c(Br)c(Br)c(Br)c5C4=O)c(C)c3)CC2=O)cc1. The molecule has 0 aliphatic carbocycles. The number of ether oxygens (including phenoxy) is 2. The van der Waals surface area contributed by atoms with Gasteiger partial charge in [-0.15, -0.1) is 0 Å². The first-order chi connectivity index (χ1) is 19.0. The van der Waals surface area contributed by atoms with Crippen molar-refractivity contribution < 1.29 is 28.7 Å². The number of anilines is 2. The number of hydrogen-bond donors (Lipinski definition) is 0. The van der Waals surface area contributed by atoms with Gasteiger partial charge in [0.2, 0.25) is 5.91 Å². The standard InChI is InChI=1S/C28H20Br4N2O6/c1-3-39-16-6-4-15(5-7-16)33-12-14(11-19(33)35)28(38)40-17-8-9-18(13(2)10-17)34-26(36)20-21(27(34)37)23(30)25(32)24(31)22(20)29/h4-10,14H,3,11-12H2,1-2H3/t14-/m0/s1. The van der Waals surface area contributed by atoms with Crippen LogP contribution in [0.5, 0.6) is 11.5 Å². The topological polar surface area (TPSA) is 93.2 Å². The lowest BCUT2D eigenvalue weighted by Gasteiger charge is -2.18. The fraction of sp³-hybridized carbons (Fsp3) is 0.214. The molecule has 0 N–H and O–H groups in total. The van der Waals surface area contributed by atoms with Crippen molar-refractivity contribution >= 4 is 98.8 Å². The van der Waals surface area contributed by atoms with Crippen LogP contribution in [0.2, 0.25) is 0 Å². The Labute approximate surface area is 263 Å². The average molecular weight is 800 g/mol. The molecule has 2 aliphatic rings. The highest BCUT2D eigenvalue weighted by Gasteiger charge is 2.42. The molecule has 1 fully saturated rings. The Morgan fingerprint density at radius 1 is 0.875 bits per heavy atom. The highest BCUT2D eigenvalue weighted by Crippen LogP contribution is 2.46. The van der Waals surface area contributed by atoms with Gasteiger partial charge in [-0.05, 0) is 126 Å². The van der Waals surface area contributed by atoms with E-state index in [1.165, 1.54) is 6.07 Å². The van der Waals surface area contributed by atoms with Gasteiger partial charge in [0, 0.05) is 36.5 Å². The predicted octanol–water partition coefficient (Wildman–Crippen LogP) is 7.20. The van der Waals surface area contributed by atoms with E-state index in [2.05, 4.69) is 63.7 Å². The molecule has 5 rings (SSSR count). The van der Waals surface area contributed by atoms with Crippen LogP contribution in [0.25, 0.3) is 0 Å². The average Bonchev–Trinajstić information content (AvgIpc) is 3.44. The normalized spacial score (nSPS) is 16.6. The second-order valence-corrected chi connectivity index (χ2v) is 12.3. The van der Waals surface area contributed by atoms with Crippen LogP contribution >= 0.6 is 63.7 Å². The smallest absolute Gasteiger partial charge is 0.316 e. The van der Waals surface area contributed by atoms with E-state index in [9.17, 15) is 19.2 Å². The first kappa shape index (κ1) is 29.0. The van der Waals surface area contributed by atoms with Crippen LogP contribution in [0.15, 0.2) is 60.4 Å². The van der Waals surface area contributed by atoms with Gasteiger partial charge in [-0.25, -0.2) is 4.90 Å². The summed E-state index contributed by atoms with van der Waals surface area (Å²) < 4.78 is 13.2. The van der Waals surface area contributed by atoms with Gasteiger partial charge in [0.1, 0.15) is 11.5 Å². The number of aryl methyl sites for hydroxylation is 1. The van der Waals surface area contributed by atoms with Gasteiger partial charge in [-0.1, -0.05) is 0 Å². The summed E-state index contributed by atoms with van der Waals surface area (Å²) in [6.45, 7) is 4.36. The second kappa shape index (κ2) is 11.4. The fourth-order valence-corrected chi connectivity index (χ4v) is 7.17. The molecule has 0 aromatic heterocycles. The summed E-state index contributed by atoms with van der Waals surface area (Å²) in [7, 11) is 0. The quantitative estimate of drug-likeness (QED) is 0.0862. The van der Waals surface area contributed by atoms with Crippen LogP contribution in [0.1, 0.15) is 39.6 Å². The zero-order valence-electron chi connectivity index (χ0n) is 21.1. The molecule has 206 valence electrons. The highest BCUT2D eigenvalue weighted by atomic mass is 79.9. The van der Waals surface area contributed by atoms with E-state index >= 15 is 0 Å². The lowest BCUT2D eigenvalue weighted by molar-refractivity contribution is -0.139. The number of rotatable bonds is 6. The summed E-state index contributed by atoms with van der Waals surface area (Å²) in [6, 6.07) is 11.8. The molecule has 3 aromatic rings. The molecular weight excluding hydrogens is 780 g/mol. The van der Waals surface area contributed by atoms with Crippen LogP contribution < -0.4 is 19.3 Å². The van der Waals surface area contributed by atoms with Gasteiger partial charge in [0.05, 0.1) is 29.3 Å². The molecule has 0 saturated carbocycles. The van der Waals surface area contributed by atoms with Crippen LogP contribution in [-0.4, -0.2) is 36.8 Å². The predicted molar refractivity (Wildman–Crippen MR) is 163 cm³/mol. The zero-order valence-corrected chi connectivity index (χ0v) is 27.4. The number of amides is 3. The summed E-state index contributed by atoms with van der Waals surface area (Å²) in [6.07, 6.45) is 0.0347. The number of benzene rings is 3. The Kier molecular flexibility index (Phi) is 8.24. The number of carbonyl (C=O) groups is 4. The van der Waals surface area contributed by atoms with Crippen molar-refractivity contribution in [3.8, 4) is 11.5 Å². The Morgan fingerprint density at radius 3 is 2.00 bits per heavy atom. The first-order valence-corrected chi connectivity index (χ1v) is 15.3. The van der Waals surface area contributed by atoms with Crippen molar-refractivity contribution in [2.75, 3.05) is 23.0 Å². The maximum atomic E-state index is 13.4. The molecule has 0 unspecified atom stereocenters. The van der Waals surface area contributed by atoms with Crippen LogP contribution in [-0.2, 0) is 9.59 Å². The molecule has 0 spiro atoms. The third-order valence-corrected chi connectivity index (χ3v) is 11.4. The number of nitrogens with zero attached hydrogens (tertiary/aromatic N) is 2. The summed E-state index contributed by atoms with van der Waals surface area (Å²) in [5.41, 5.74) is 2.09. The highest BCUT2D eigenvalue weighted by molar-refractivity contribution is 9.15. The number of halogens is 4. The van der Waals surface area contributed by atoms with Gasteiger partial charge in [0.25, 0.3) is 11.8 Å². The molecule has 8 nitrogen and oxygen atoms in total. The van der Waals surface area contributed by atoms with E-state index in [1.807, 2.05) is 6.92 Å². The molecule has 0 radical (unpaired) electrons. The maximum absolute atomic E-state index is 13.4. The lowest BCUT2D eigenvalue weighted by Crippen LogP contribution is -2.30. The Balaban J connectivity index is 1.31. The van der Waals surface area contributed by atoms with Crippen LogP contribution in [0.4, 0.5) is 11.4 Å². The van der Waals surface area contributed by atoms with Gasteiger partial charge >= 0.3 is 5.97 Å². The summed E-state index contributed by atoms with van der Waals surface area (Å²) in [4.78, 5) is 55.0. The maximum Gasteiger partial charge on any atom is 0.316 e. The van der Waals surface area contributed by atoms with E-state index in [0.717, 1.165) is 4.90 Å². The zero-order chi connectivity index (χ0) is 28.9. The van der Waals surface area contributed by atoms with E-state index in [4.69, 9.17) is 9.47 Å². The van der Waals surface area contributed by atoms with Crippen molar-refractivity contribution in [3.05, 3.63) is 77.0 Å². The van der Waals surface area contributed by atoms with Gasteiger partial charge in [-0.2, -0.15) is 0 Å². The minimum Gasteiger partial charge on any atom is -0.494 e. The summed E-state index contributed by atoms with van der Waals surface area (Å²) >= 11 is 13.7. The van der Waals surface area contributed by atoms with Gasteiger partial charge in [-0.3, -0.25) is 19.2 Å². The van der Waals surface area contributed by atoms with E-state index < -0.39 is 23.7 Å². The Morgan fingerprint density at radius 2 is 1.45 bits per heavy atom. The monoisotopic (exact) mass is 796 g/mol. The number of carbonyl (C=O) groups excluding carboxylic acids is 4. The van der Waals surface area contributed by atoms with Crippen molar-refractivity contribution in [2.45, 2.75) is 20.3 Å². The van der Waals surface area contributed by atoms with Crippen LogP contribution in [0.3, 0.4) is 0 Å². The van der Waals surface area contributed by atoms with E-state index in [-0.39, 0.29) is 35.7 Å². The first-order valence-electron chi connectivity index (χ1n) is 12.1. The second-order valence-electron chi connectivity index (χ2n) is 9.15. The molecule has 3 amide bonds. The third-order valence-electron chi connectivity index (χ3n) is 6.65. The molecule has 2 heterocycles. The Hall–Kier alpha value is -2.54. The molecule has 3 aromatic carbocycles. The van der Waals surface area contributed by atoms with E-state index in [0.29, 0.717) is 47.2 Å². The van der Waals surface area contributed by atoms with Crippen molar-refractivity contribution in [2.24, 2.45) is 5.92 Å². The van der Waals surface area contributed by atoms with Crippen LogP contribution in [0, 0.1) is 12.8 Å².